The zero-order valence-electron chi connectivity index (χ0n) is 18.8. The van der Waals surface area contributed by atoms with Gasteiger partial charge in [-0.25, -0.2) is 13.2 Å². The van der Waals surface area contributed by atoms with Gasteiger partial charge in [0.1, 0.15) is 0 Å². The van der Waals surface area contributed by atoms with Crippen molar-refractivity contribution in [3.8, 4) is 11.5 Å². The van der Waals surface area contributed by atoms with Crippen molar-refractivity contribution >= 4 is 33.3 Å². The molecule has 0 saturated carbocycles. The van der Waals surface area contributed by atoms with Crippen LogP contribution in [-0.2, 0) is 19.6 Å². The topological polar surface area (TPSA) is 111 Å². The van der Waals surface area contributed by atoms with Gasteiger partial charge in [-0.15, -0.1) is 0 Å². The molecule has 2 aromatic rings. The Balaban J connectivity index is 2.14. The first-order valence-corrected chi connectivity index (χ1v) is 11.6. The van der Waals surface area contributed by atoms with Crippen LogP contribution in [0.2, 0.25) is 0 Å². The molecule has 1 N–H and O–H groups in total. The lowest BCUT2D eigenvalue weighted by molar-refractivity contribution is -0.116. The molecule has 1 amide bonds. The molecule has 0 aliphatic carbocycles. The molecule has 0 aliphatic heterocycles. The van der Waals surface area contributed by atoms with Crippen molar-refractivity contribution in [3.63, 3.8) is 0 Å². The molecule has 0 bridgehead atoms. The highest BCUT2D eigenvalue weighted by Crippen LogP contribution is 2.34. The second-order valence-electron chi connectivity index (χ2n) is 7.07. The van der Waals surface area contributed by atoms with E-state index in [4.69, 9.17) is 14.2 Å². The van der Waals surface area contributed by atoms with E-state index in [-0.39, 0.29) is 36.5 Å². The van der Waals surface area contributed by atoms with Gasteiger partial charge in [0.25, 0.3) is 0 Å². The maximum Gasteiger partial charge on any atom is 0.340 e. The van der Waals surface area contributed by atoms with Crippen LogP contribution in [0.4, 0.5) is 11.4 Å². The number of sulfonamides is 1. The second-order valence-corrected chi connectivity index (χ2v) is 8.98. The third kappa shape index (κ3) is 6.36. The number of ether oxygens (including phenoxy) is 3. The first-order chi connectivity index (χ1) is 15.1. The highest BCUT2D eigenvalue weighted by Gasteiger charge is 2.20. The molecule has 0 spiro atoms. The van der Waals surface area contributed by atoms with E-state index < -0.39 is 16.0 Å². The fraction of sp³-hybridized carbons (Fsp3) is 0.364. The van der Waals surface area contributed by atoms with Crippen molar-refractivity contribution in [3.05, 3.63) is 47.5 Å². The molecule has 0 aromatic heterocycles. The summed E-state index contributed by atoms with van der Waals surface area (Å²) in [4.78, 5) is 24.7. The number of carbonyl (C=O) groups is 2. The molecule has 0 aliphatic rings. The summed E-state index contributed by atoms with van der Waals surface area (Å²) in [5.41, 5.74) is 1.78. The lowest BCUT2D eigenvalue weighted by Gasteiger charge is -2.22. The largest absolute Gasteiger partial charge is 0.493 e. The molecule has 10 heteroatoms. The van der Waals surface area contributed by atoms with Gasteiger partial charge in [-0.1, -0.05) is 12.1 Å². The smallest absolute Gasteiger partial charge is 0.340 e. The molecule has 0 radical (unpaired) electrons. The van der Waals surface area contributed by atoms with Crippen LogP contribution in [0.1, 0.15) is 28.8 Å². The molecular formula is C22H28N2O7S. The summed E-state index contributed by atoms with van der Waals surface area (Å²) in [6.45, 7) is 2.00. The first kappa shape index (κ1) is 25.0. The van der Waals surface area contributed by atoms with E-state index in [1.54, 1.807) is 18.2 Å². The van der Waals surface area contributed by atoms with Crippen LogP contribution < -0.4 is 19.1 Å². The minimum Gasteiger partial charge on any atom is -0.493 e. The Hall–Kier alpha value is -3.27. The standard InChI is InChI=1S/C22H28N2O7S/c1-15-8-6-9-16(12-15)24(32(5,27)28)11-7-10-21(25)23-18-14-20(30-3)19(29-2)13-17(18)22(26)31-4/h6,8-9,12-14H,7,10-11H2,1-5H3,(H,23,25). The van der Waals surface area contributed by atoms with Crippen molar-refractivity contribution < 1.29 is 32.2 Å². The number of esters is 1. The number of nitrogens with zero attached hydrogens (tertiary/aromatic N) is 1. The molecule has 0 atom stereocenters. The summed E-state index contributed by atoms with van der Waals surface area (Å²) >= 11 is 0. The summed E-state index contributed by atoms with van der Waals surface area (Å²) < 4.78 is 41.0. The van der Waals surface area contributed by atoms with Crippen molar-refractivity contribution in [2.24, 2.45) is 0 Å². The number of nitrogens with one attached hydrogen (secondary N) is 1. The van der Waals surface area contributed by atoms with E-state index in [1.165, 1.54) is 37.8 Å². The predicted octanol–water partition coefficient (Wildman–Crippen LogP) is 2.98. The van der Waals surface area contributed by atoms with Crippen LogP contribution in [0, 0.1) is 6.92 Å². The lowest BCUT2D eigenvalue weighted by atomic mass is 10.1. The Labute approximate surface area is 188 Å². The number of carbonyl (C=O) groups excluding carboxylic acids is 2. The van der Waals surface area contributed by atoms with Crippen LogP contribution in [0.25, 0.3) is 0 Å². The summed E-state index contributed by atoms with van der Waals surface area (Å²) in [5, 5.41) is 2.67. The van der Waals surface area contributed by atoms with Crippen molar-refractivity contribution in [1.82, 2.24) is 0 Å². The Morgan fingerprint density at radius 2 is 1.69 bits per heavy atom. The minimum atomic E-state index is -3.52. The zero-order valence-corrected chi connectivity index (χ0v) is 19.6. The average Bonchev–Trinajstić information content (AvgIpc) is 2.74. The lowest BCUT2D eigenvalue weighted by Crippen LogP contribution is -2.31. The second kappa shape index (κ2) is 10.9. The number of rotatable bonds is 10. The fourth-order valence-electron chi connectivity index (χ4n) is 3.13. The Morgan fingerprint density at radius 1 is 1.03 bits per heavy atom. The van der Waals surface area contributed by atoms with E-state index in [9.17, 15) is 18.0 Å². The zero-order chi connectivity index (χ0) is 23.9. The number of benzene rings is 2. The number of amides is 1. The van der Waals surface area contributed by atoms with Crippen LogP contribution in [0.3, 0.4) is 0 Å². The molecule has 0 fully saturated rings. The monoisotopic (exact) mass is 464 g/mol. The predicted molar refractivity (Wildman–Crippen MR) is 122 cm³/mol. The van der Waals surface area contributed by atoms with Crippen LogP contribution in [0.5, 0.6) is 11.5 Å². The molecule has 2 aromatic carbocycles. The van der Waals surface area contributed by atoms with Crippen molar-refractivity contribution in [2.45, 2.75) is 19.8 Å². The van der Waals surface area contributed by atoms with Gasteiger partial charge in [-0.05, 0) is 31.0 Å². The maximum atomic E-state index is 12.5. The van der Waals surface area contributed by atoms with Crippen LogP contribution >= 0.6 is 0 Å². The van der Waals surface area contributed by atoms with Crippen LogP contribution in [0.15, 0.2) is 36.4 Å². The quantitative estimate of drug-likeness (QED) is 0.538. The molecule has 0 heterocycles. The molecule has 174 valence electrons. The van der Waals surface area contributed by atoms with E-state index in [0.717, 1.165) is 11.8 Å². The molecule has 2 rings (SSSR count). The maximum absolute atomic E-state index is 12.5. The van der Waals surface area contributed by atoms with Gasteiger partial charge >= 0.3 is 5.97 Å². The third-order valence-corrected chi connectivity index (χ3v) is 5.85. The van der Waals surface area contributed by atoms with E-state index in [2.05, 4.69) is 5.32 Å². The van der Waals surface area contributed by atoms with Crippen LogP contribution in [-0.4, -0.2) is 54.4 Å². The van der Waals surface area contributed by atoms with E-state index >= 15 is 0 Å². The number of hydrogen-bond acceptors (Lipinski definition) is 7. The molecular weight excluding hydrogens is 436 g/mol. The molecule has 0 unspecified atom stereocenters. The van der Waals surface area contributed by atoms with Crippen molar-refractivity contribution in [1.29, 1.82) is 0 Å². The minimum absolute atomic E-state index is 0.0345. The molecule has 9 nitrogen and oxygen atoms in total. The van der Waals surface area contributed by atoms with Crippen molar-refractivity contribution in [2.75, 3.05) is 43.8 Å². The average molecular weight is 465 g/mol. The number of aryl methyl sites for hydroxylation is 1. The van der Waals surface area contributed by atoms with Gasteiger partial charge in [0.15, 0.2) is 11.5 Å². The summed E-state index contributed by atoms with van der Waals surface area (Å²) in [6.07, 6.45) is 1.43. The number of hydrogen-bond donors (Lipinski definition) is 1. The first-order valence-electron chi connectivity index (χ1n) is 9.79. The Morgan fingerprint density at radius 3 is 2.25 bits per heavy atom. The van der Waals surface area contributed by atoms with Gasteiger partial charge in [-0.2, -0.15) is 0 Å². The number of anilines is 2. The molecule has 32 heavy (non-hydrogen) atoms. The Bertz CT molecular complexity index is 1080. The van der Waals surface area contributed by atoms with Gasteiger partial charge in [0.05, 0.1) is 44.5 Å². The highest BCUT2D eigenvalue weighted by molar-refractivity contribution is 7.92. The molecule has 0 saturated heterocycles. The SMILES string of the molecule is COC(=O)c1cc(OC)c(OC)cc1NC(=O)CCCN(c1cccc(C)c1)S(C)(=O)=O. The third-order valence-electron chi connectivity index (χ3n) is 4.66. The van der Waals surface area contributed by atoms with E-state index in [0.29, 0.717) is 17.2 Å². The summed E-state index contributed by atoms with van der Waals surface area (Å²) in [7, 11) is 0.579. The van der Waals surface area contributed by atoms with Gasteiger partial charge in [0.2, 0.25) is 15.9 Å². The Kier molecular flexibility index (Phi) is 8.48. The fourth-order valence-corrected chi connectivity index (χ4v) is 4.08. The van der Waals surface area contributed by atoms with E-state index in [1.807, 2.05) is 13.0 Å². The van der Waals surface area contributed by atoms with Gasteiger partial charge in [-0.3, -0.25) is 9.10 Å². The normalized spacial score (nSPS) is 10.9. The highest BCUT2D eigenvalue weighted by atomic mass is 32.2. The number of methoxy groups -OCH3 is 3. The summed E-state index contributed by atoms with van der Waals surface area (Å²) in [6, 6.07) is 10.0. The van der Waals surface area contributed by atoms with Gasteiger partial charge in [0, 0.05) is 25.1 Å². The van der Waals surface area contributed by atoms with Gasteiger partial charge < -0.3 is 19.5 Å². The summed E-state index contributed by atoms with van der Waals surface area (Å²) in [5.74, 6) is -0.394.